The number of nitrogens with two attached hydrogens (primary N) is 1. The highest BCUT2D eigenvalue weighted by Gasteiger charge is 2.49. The maximum atomic E-state index is 13.8. The number of aromatic amines is 1. The Hall–Kier alpha value is -3.01. The van der Waals surface area contributed by atoms with E-state index in [0.29, 0.717) is 21.2 Å². The second-order valence-electron chi connectivity index (χ2n) is 7.07. The number of sulfone groups is 1. The minimum atomic E-state index is -3.90. The van der Waals surface area contributed by atoms with Crippen LogP contribution in [0.1, 0.15) is 33.0 Å². The molecule has 156 valence electrons. The third-order valence-corrected chi connectivity index (χ3v) is 7.92. The molecule has 8 nitrogen and oxygen atoms in total. The molecule has 2 aromatic carbocycles. The normalized spacial score (nSPS) is 19.4. The van der Waals surface area contributed by atoms with E-state index in [0.717, 1.165) is 0 Å². The van der Waals surface area contributed by atoms with Crippen molar-refractivity contribution in [3.05, 3.63) is 91.4 Å². The number of fused-ring (bicyclic) bond motifs is 2. The van der Waals surface area contributed by atoms with Crippen molar-refractivity contribution in [3.63, 3.8) is 0 Å². The molecule has 3 N–H and O–H groups in total. The van der Waals surface area contributed by atoms with Gasteiger partial charge < -0.3 is 5.73 Å². The van der Waals surface area contributed by atoms with Gasteiger partial charge in [0.15, 0.2) is 21.0 Å². The largest absolute Gasteiger partial charge is 0.369 e. The van der Waals surface area contributed by atoms with Crippen LogP contribution in [0.3, 0.4) is 0 Å². The molecule has 0 radical (unpaired) electrons. The fraction of sp³-hybridized carbons (Fsp3) is 0.100. The quantitative estimate of drug-likeness (QED) is 0.456. The average molecular weight is 474 g/mol. The Morgan fingerprint density at radius 1 is 0.806 bits per heavy atom. The summed E-state index contributed by atoms with van der Waals surface area (Å²) in [6, 6.07) is 12.9. The molecule has 4 aromatic rings. The molecule has 0 saturated heterocycles. The molecule has 0 aliphatic carbocycles. The average Bonchev–Trinajstić information content (AvgIpc) is 2.94. The van der Waals surface area contributed by atoms with Gasteiger partial charge in [0.05, 0.1) is 11.4 Å². The van der Waals surface area contributed by atoms with Crippen molar-refractivity contribution in [2.24, 2.45) is 0 Å². The van der Waals surface area contributed by atoms with Gasteiger partial charge >= 0.3 is 0 Å². The summed E-state index contributed by atoms with van der Waals surface area (Å²) in [7, 11) is -3.90. The van der Waals surface area contributed by atoms with Crippen molar-refractivity contribution >= 4 is 50.2 Å². The van der Waals surface area contributed by atoms with Crippen LogP contribution in [0.25, 0.3) is 11.2 Å². The first-order valence-electron chi connectivity index (χ1n) is 9.06. The van der Waals surface area contributed by atoms with E-state index in [1.54, 1.807) is 48.5 Å². The molecular formula is C20H13Cl2N5O3S. The summed E-state index contributed by atoms with van der Waals surface area (Å²) in [6.45, 7) is 0. The summed E-state index contributed by atoms with van der Waals surface area (Å²) in [5.74, 6) is -0.134. The number of benzene rings is 2. The van der Waals surface area contributed by atoms with Gasteiger partial charge in [0, 0.05) is 10.0 Å². The highest BCUT2D eigenvalue weighted by molar-refractivity contribution is 7.92. The first-order chi connectivity index (χ1) is 14.8. The molecular weight excluding hydrogens is 461 g/mol. The van der Waals surface area contributed by atoms with E-state index in [4.69, 9.17) is 28.9 Å². The predicted molar refractivity (Wildman–Crippen MR) is 118 cm³/mol. The number of aromatic nitrogens is 4. The molecule has 2 aromatic heterocycles. The summed E-state index contributed by atoms with van der Waals surface area (Å²) >= 11 is 12.0. The zero-order valence-corrected chi connectivity index (χ0v) is 17.9. The minimum absolute atomic E-state index is 0.0223. The van der Waals surface area contributed by atoms with Crippen molar-refractivity contribution in [1.29, 1.82) is 0 Å². The van der Waals surface area contributed by atoms with Crippen LogP contribution in [-0.4, -0.2) is 28.4 Å². The molecule has 0 saturated carbocycles. The van der Waals surface area contributed by atoms with E-state index in [1.807, 2.05) is 0 Å². The number of H-pyrrole nitrogens is 1. The summed E-state index contributed by atoms with van der Waals surface area (Å²) in [6.07, 6.45) is 0. The van der Waals surface area contributed by atoms with Gasteiger partial charge in [-0.1, -0.05) is 47.5 Å². The first kappa shape index (κ1) is 19.9. The van der Waals surface area contributed by atoms with Crippen molar-refractivity contribution in [1.82, 2.24) is 19.9 Å². The number of nitrogens with one attached hydrogen (secondary N) is 1. The number of hydrogen-bond acceptors (Lipinski definition) is 7. The van der Waals surface area contributed by atoms with Crippen molar-refractivity contribution in [2.75, 3.05) is 5.73 Å². The maximum Gasteiger partial charge on any atom is 0.280 e. The van der Waals surface area contributed by atoms with Crippen LogP contribution < -0.4 is 11.3 Å². The Kier molecular flexibility index (Phi) is 4.51. The van der Waals surface area contributed by atoms with Gasteiger partial charge in [0.2, 0.25) is 5.95 Å². The van der Waals surface area contributed by atoms with E-state index in [2.05, 4.69) is 19.9 Å². The van der Waals surface area contributed by atoms with Crippen LogP contribution in [-0.2, 0) is 9.84 Å². The highest BCUT2D eigenvalue weighted by atomic mass is 35.5. The zero-order valence-electron chi connectivity index (χ0n) is 15.6. The standard InChI is InChI=1S/C20H13Cl2N5O3S/c21-11-5-1-9(2-6-11)16-13-14(25-18-15(24-13)19(28)27-20(23)26-18)17(31(16,29)30)10-3-7-12(22)8-4-10/h1-8,16-17H,(H3,23,25,26,27,28). The van der Waals surface area contributed by atoms with Gasteiger partial charge in [-0.25, -0.2) is 18.4 Å². The summed E-state index contributed by atoms with van der Waals surface area (Å²) < 4.78 is 27.5. The minimum Gasteiger partial charge on any atom is -0.369 e. The van der Waals surface area contributed by atoms with Crippen LogP contribution >= 0.6 is 23.2 Å². The number of halogens is 2. The van der Waals surface area contributed by atoms with Gasteiger partial charge in [0.25, 0.3) is 5.56 Å². The molecule has 5 rings (SSSR count). The predicted octanol–water partition coefficient (Wildman–Crippen LogP) is 3.21. The molecule has 0 spiro atoms. The number of rotatable bonds is 2. The Bertz CT molecular complexity index is 1500. The van der Waals surface area contributed by atoms with Gasteiger partial charge in [-0.05, 0) is 35.4 Å². The summed E-state index contributed by atoms with van der Waals surface area (Å²) in [5, 5.41) is -1.30. The third kappa shape index (κ3) is 3.16. The van der Waals surface area contributed by atoms with Gasteiger partial charge in [-0.2, -0.15) is 4.98 Å². The lowest BCUT2D eigenvalue weighted by Crippen LogP contribution is -2.15. The molecule has 0 fully saturated rings. The molecule has 0 bridgehead atoms. The molecule has 1 aliphatic rings. The van der Waals surface area contributed by atoms with E-state index < -0.39 is 25.9 Å². The Morgan fingerprint density at radius 2 is 1.29 bits per heavy atom. The maximum absolute atomic E-state index is 13.8. The number of nitrogen functional groups attached to an aromatic ring is 1. The monoisotopic (exact) mass is 473 g/mol. The second kappa shape index (κ2) is 7.01. The molecule has 0 amide bonds. The van der Waals surface area contributed by atoms with Crippen molar-refractivity contribution in [3.8, 4) is 0 Å². The lowest BCUT2D eigenvalue weighted by molar-refractivity contribution is 0.587. The molecule has 1 aliphatic heterocycles. The number of nitrogens with zero attached hydrogens (tertiary/aromatic N) is 3. The molecule has 2 unspecified atom stereocenters. The van der Waals surface area contributed by atoms with Crippen LogP contribution in [0.5, 0.6) is 0 Å². The summed E-state index contributed by atoms with van der Waals surface area (Å²) in [4.78, 5) is 27.6. The van der Waals surface area contributed by atoms with Crippen LogP contribution in [0.15, 0.2) is 53.3 Å². The van der Waals surface area contributed by atoms with Crippen LogP contribution in [0.2, 0.25) is 10.0 Å². The van der Waals surface area contributed by atoms with Gasteiger partial charge in [0.1, 0.15) is 10.5 Å². The zero-order chi connectivity index (χ0) is 21.9. The second-order valence-corrected chi connectivity index (χ2v) is 10.1. The smallest absolute Gasteiger partial charge is 0.280 e. The fourth-order valence-corrected chi connectivity index (χ4v) is 6.37. The van der Waals surface area contributed by atoms with E-state index >= 15 is 0 Å². The topological polar surface area (TPSA) is 132 Å². The Morgan fingerprint density at radius 3 is 1.81 bits per heavy atom. The third-order valence-electron chi connectivity index (χ3n) is 5.12. The Labute approximate surface area is 186 Å². The van der Waals surface area contributed by atoms with Gasteiger partial charge in [-0.3, -0.25) is 9.78 Å². The lowest BCUT2D eigenvalue weighted by atomic mass is 10.0. The van der Waals surface area contributed by atoms with Crippen molar-refractivity contribution < 1.29 is 8.42 Å². The molecule has 11 heteroatoms. The van der Waals surface area contributed by atoms with Crippen LogP contribution in [0.4, 0.5) is 5.95 Å². The summed E-state index contributed by atoms with van der Waals surface area (Å²) in [5.41, 5.74) is 6.26. The van der Waals surface area contributed by atoms with Crippen LogP contribution in [0, 0.1) is 0 Å². The molecule has 3 heterocycles. The highest BCUT2D eigenvalue weighted by Crippen LogP contribution is 2.50. The number of hydrogen-bond donors (Lipinski definition) is 2. The van der Waals surface area contributed by atoms with E-state index in [1.165, 1.54) is 0 Å². The lowest BCUT2D eigenvalue weighted by Gasteiger charge is -2.14. The SMILES string of the molecule is Nc1nc2nc3c(nc2c(=O)[nH]1)C(c1ccc(Cl)cc1)S(=O)(=O)C3c1ccc(Cl)cc1. The Balaban J connectivity index is 1.85. The fourth-order valence-electron chi connectivity index (χ4n) is 3.80. The van der Waals surface area contributed by atoms with Crippen molar-refractivity contribution in [2.45, 2.75) is 10.5 Å². The van der Waals surface area contributed by atoms with E-state index in [9.17, 15) is 13.2 Å². The van der Waals surface area contributed by atoms with Gasteiger partial charge in [-0.15, -0.1) is 0 Å². The number of anilines is 1. The first-order valence-corrected chi connectivity index (χ1v) is 11.4. The molecule has 31 heavy (non-hydrogen) atoms. The van der Waals surface area contributed by atoms with E-state index in [-0.39, 0.29) is 28.5 Å². The molecule has 2 atom stereocenters.